The smallest absolute Gasteiger partial charge is 0.229 e. The molecule has 3 nitrogen and oxygen atoms in total. The molecule has 0 fully saturated rings. The largest absolute Gasteiger partial charge is 0.747 e. The first kappa shape index (κ1) is 8.91. The summed E-state index contributed by atoms with van der Waals surface area (Å²) in [5.41, 5.74) is 0.704. The Morgan fingerprint density at radius 1 is 1.50 bits per heavy atom. The number of rotatable bonds is 3. The summed E-state index contributed by atoms with van der Waals surface area (Å²) < 4.78 is 15.0. The Bertz CT molecular complexity index is 309. The SMILES string of the molecule is C=Cc1ccccc1O[P+](=O)O. The highest BCUT2D eigenvalue weighted by molar-refractivity contribution is 7.32. The van der Waals surface area contributed by atoms with Crippen LogP contribution in [0.2, 0.25) is 0 Å². The summed E-state index contributed by atoms with van der Waals surface area (Å²) in [5.74, 6) is 0.371. The molecule has 0 bridgehead atoms. The van der Waals surface area contributed by atoms with Crippen LogP contribution >= 0.6 is 8.25 Å². The van der Waals surface area contributed by atoms with Crippen molar-refractivity contribution < 1.29 is 14.0 Å². The predicted octanol–water partition coefficient (Wildman–Crippen LogP) is 2.36. The monoisotopic (exact) mass is 183 g/mol. The molecule has 1 aromatic rings. The van der Waals surface area contributed by atoms with Crippen molar-refractivity contribution in [2.24, 2.45) is 0 Å². The van der Waals surface area contributed by atoms with E-state index in [1.807, 2.05) is 0 Å². The first-order chi connectivity index (χ1) is 5.74. The van der Waals surface area contributed by atoms with E-state index in [4.69, 9.17) is 4.89 Å². The zero-order valence-electron chi connectivity index (χ0n) is 6.30. The average Bonchev–Trinajstić information content (AvgIpc) is 2.04. The quantitative estimate of drug-likeness (QED) is 0.731. The van der Waals surface area contributed by atoms with E-state index >= 15 is 0 Å². The second-order valence-electron chi connectivity index (χ2n) is 2.07. The van der Waals surface area contributed by atoms with E-state index in [0.29, 0.717) is 11.3 Å². The maximum absolute atomic E-state index is 10.3. The molecule has 1 aromatic carbocycles. The van der Waals surface area contributed by atoms with Crippen LogP contribution < -0.4 is 4.52 Å². The summed E-state index contributed by atoms with van der Waals surface area (Å²) in [6.07, 6.45) is 1.56. The van der Waals surface area contributed by atoms with Crippen LogP contribution in [0.1, 0.15) is 5.56 Å². The molecule has 1 unspecified atom stereocenters. The Kier molecular flexibility index (Phi) is 2.97. The molecule has 0 aliphatic heterocycles. The van der Waals surface area contributed by atoms with Gasteiger partial charge >= 0.3 is 8.25 Å². The van der Waals surface area contributed by atoms with Crippen LogP contribution in [0.15, 0.2) is 30.8 Å². The normalized spacial score (nSPS) is 10.6. The summed E-state index contributed by atoms with van der Waals surface area (Å²) in [4.78, 5) is 8.48. The topological polar surface area (TPSA) is 46.5 Å². The fraction of sp³-hybridized carbons (Fsp3) is 0. The molecule has 0 aliphatic rings. The van der Waals surface area contributed by atoms with E-state index in [2.05, 4.69) is 11.1 Å². The summed E-state index contributed by atoms with van der Waals surface area (Å²) in [5, 5.41) is 0. The third-order valence-electron chi connectivity index (χ3n) is 1.32. The lowest BCUT2D eigenvalue weighted by Gasteiger charge is -1.95. The molecule has 1 N–H and O–H groups in total. The second-order valence-corrected chi connectivity index (χ2v) is 2.73. The molecule has 0 heterocycles. The zero-order chi connectivity index (χ0) is 8.97. The molecule has 12 heavy (non-hydrogen) atoms. The second kappa shape index (κ2) is 4.00. The number of hydrogen-bond donors (Lipinski definition) is 1. The van der Waals surface area contributed by atoms with Gasteiger partial charge in [0.1, 0.15) is 0 Å². The van der Waals surface area contributed by atoms with Gasteiger partial charge in [-0.3, -0.25) is 0 Å². The minimum absolute atomic E-state index is 0.371. The minimum Gasteiger partial charge on any atom is -0.229 e. The maximum atomic E-state index is 10.3. The van der Waals surface area contributed by atoms with E-state index in [9.17, 15) is 4.57 Å². The molecule has 62 valence electrons. The highest BCUT2D eigenvalue weighted by Gasteiger charge is 2.15. The van der Waals surface area contributed by atoms with Crippen molar-refractivity contribution in [1.29, 1.82) is 0 Å². The maximum Gasteiger partial charge on any atom is 0.747 e. The molecule has 0 aromatic heterocycles. The Morgan fingerprint density at radius 3 is 2.75 bits per heavy atom. The minimum atomic E-state index is -2.60. The van der Waals surface area contributed by atoms with E-state index in [1.165, 1.54) is 0 Å². The Labute approximate surface area is 71.3 Å². The van der Waals surface area contributed by atoms with Gasteiger partial charge < -0.3 is 0 Å². The summed E-state index contributed by atoms with van der Waals surface area (Å²) in [6.45, 7) is 3.54. The summed E-state index contributed by atoms with van der Waals surface area (Å²) >= 11 is 0. The van der Waals surface area contributed by atoms with E-state index in [1.54, 1.807) is 30.3 Å². The molecule has 0 radical (unpaired) electrons. The van der Waals surface area contributed by atoms with Gasteiger partial charge in [-0.2, -0.15) is 0 Å². The molecule has 0 saturated carbocycles. The predicted molar refractivity (Wildman–Crippen MR) is 47.0 cm³/mol. The van der Waals surface area contributed by atoms with Crippen molar-refractivity contribution in [3.8, 4) is 5.75 Å². The fourth-order valence-electron chi connectivity index (χ4n) is 0.816. The van der Waals surface area contributed by atoms with Crippen LogP contribution in [0.25, 0.3) is 6.08 Å². The molecule has 0 amide bonds. The summed E-state index contributed by atoms with van der Waals surface area (Å²) in [6, 6.07) is 6.89. The van der Waals surface area contributed by atoms with Crippen molar-refractivity contribution in [3.63, 3.8) is 0 Å². The third kappa shape index (κ3) is 2.16. The van der Waals surface area contributed by atoms with Gasteiger partial charge in [-0.1, -0.05) is 30.9 Å². The van der Waals surface area contributed by atoms with Gasteiger partial charge in [-0.05, 0) is 6.07 Å². The zero-order valence-corrected chi connectivity index (χ0v) is 7.20. The van der Waals surface area contributed by atoms with Crippen LogP contribution in [-0.4, -0.2) is 4.89 Å². The van der Waals surface area contributed by atoms with Gasteiger partial charge in [0.2, 0.25) is 0 Å². The first-order valence-corrected chi connectivity index (χ1v) is 4.42. The lowest BCUT2D eigenvalue weighted by atomic mass is 10.2. The number of benzene rings is 1. The van der Waals surface area contributed by atoms with Crippen molar-refractivity contribution >= 4 is 14.3 Å². The molecule has 4 heteroatoms. The molecular weight excluding hydrogens is 175 g/mol. The van der Waals surface area contributed by atoms with Crippen LogP contribution in [0.3, 0.4) is 0 Å². The van der Waals surface area contributed by atoms with Gasteiger partial charge in [-0.15, -0.1) is 4.89 Å². The molecule has 0 saturated heterocycles. The van der Waals surface area contributed by atoms with Gasteiger partial charge in [0, 0.05) is 10.1 Å². The molecule has 1 atom stereocenters. The third-order valence-corrected chi connectivity index (χ3v) is 1.67. The first-order valence-electron chi connectivity index (χ1n) is 3.29. The highest BCUT2D eigenvalue weighted by atomic mass is 31.1. The van der Waals surface area contributed by atoms with Crippen molar-refractivity contribution in [3.05, 3.63) is 36.4 Å². The lowest BCUT2D eigenvalue weighted by Crippen LogP contribution is -1.83. The number of hydrogen-bond acceptors (Lipinski definition) is 2. The molecular formula is C8H8O3P+. The van der Waals surface area contributed by atoms with Gasteiger partial charge in [0.25, 0.3) is 0 Å². The van der Waals surface area contributed by atoms with Crippen LogP contribution in [0, 0.1) is 0 Å². The van der Waals surface area contributed by atoms with E-state index in [0.717, 1.165) is 0 Å². The van der Waals surface area contributed by atoms with Gasteiger partial charge in [0.15, 0.2) is 5.75 Å². The van der Waals surface area contributed by atoms with E-state index in [-0.39, 0.29) is 0 Å². The summed E-state index contributed by atoms with van der Waals surface area (Å²) in [7, 11) is -2.60. The van der Waals surface area contributed by atoms with Crippen molar-refractivity contribution in [2.75, 3.05) is 0 Å². The van der Waals surface area contributed by atoms with Gasteiger partial charge in [-0.25, -0.2) is 4.52 Å². The molecule has 0 spiro atoms. The van der Waals surface area contributed by atoms with Crippen molar-refractivity contribution in [2.45, 2.75) is 0 Å². The highest BCUT2D eigenvalue weighted by Crippen LogP contribution is 2.26. The van der Waals surface area contributed by atoms with Crippen LogP contribution in [-0.2, 0) is 4.57 Å². The Morgan fingerprint density at radius 2 is 2.17 bits per heavy atom. The number of para-hydroxylation sites is 1. The van der Waals surface area contributed by atoms with Crippen LogP contribution in [0.4, 0.5) is 0 Å². The standard InChI is InChI=1S/C8H7O3P/c1-2-7-5-3-4-6-8(7)11-12(9)10/h2-6H,1H2/p+1. The average molecular weight is 183 g/mol. The van der Waals surface area contributed by atoms with E-state index < -0.39 is 8.25 Å². The Hall–Kier alpha value is -1.18. The van der Waals surface area contributed by atoms with Gasteiger partial charge in [0.05, 0.1) is 0 Å². The molecule has 1 rings (SSSR count). The molecule has 0 aliphatic carbocycles. The van der Waals surface area contributed by atoms with Crippen molar-refractivity contribution in [1.82, 2.24) is 0 Å². The van der Waals surface area contributed by atoms with Crippen LogP contribution in [0.5, 0.6) is 5.75 Å². The Balaban J connectivity index is 2.96. The lowest BCUT2D eigenvalue weighted by molar-refractivity contribution is 0.410. The fourth-order valence-corrected chi connectivity index (χ4v) is 1.15.